The smallest absolute Gasteiger partial charge is 0.351 e. The van der Waals surface area contributed by atoms with E-state index in [-0.39, 0.29) is 27.5 Å². The Morgan fingerprint density at radius 2 is 1.87 bits per heavy atom. The van der Waals surface area contributed by atoms with Gasteiger partial charge in [0.25, 0.3) is 5.91 Å². The molecule has 4 aromatic rings. The van der Waals surface area contributed by atoms with Crippen molar-refractivity contribution < 1.29 is 22.4 Å². The van der Waals surface area contributed by atoms with Gasteiger partial charge in [-0.25, -0.2) is 4.39 Å². The minimum Gasteiger partial charge on any atom is -0.351 e. The topological polar surface area (TPSA) is 54.9 Å². The number of carbonyl (C=O) groups excluding carboxylic acids is 1. The molecule has 38 heavy (non-hydrogen) atoms. The van der Waals surface area contributed by atoms with Gasteiger partial charge in [0, 0.05) is 29.3 Å². The van der Waals surface area contributed by atoms with Crippen LogP contribution in [-0.2, 0) is 6.42 Å². The molecule has 1 unspecified atom stereocenters. The largest absolute Gasteiger partial charge is 0.398 e. The SMILES string of the molecule is CCCc1c(C)cc(C(CNC(=O)c2ccc3ncc(C)cc3c2)C(F)(F)F)nc1-c1cccc(F)c1Cl. The number of hydrogen-bond donors (Lipinski definition) is 1. The Hall–Kier alpha value is -3.52. The summed E-state index contributed by atoms with van der Waals surface area (Å²) in [5.41, 5.74) is 3.25. The van der Waals surface area contributed by atoms with Gasteiger partial charge >= 0.3 is 6.18 Å². The molecule has 1 amide bonds. The Balaban J connectivity index is 1.69. The van der Waals surface area contributed by atoms with Crippen molar-refractivity contribution in [3.05, 3.63) is 93.5 Å². The minimum absolute atomic E-state index is 0.202. The fourth-order valence-corrected chi connectivity index (χ4v) is 4.66. The zero-order valence-electron chi connectivity index (χ0n) is 21.1. The van der Waals surface area contributed by atoms with Crippen molar-refractivity contribution in [3.63, 3.8) is 0 Å². The van der Waals surface area contributed by atoms with Crippen LogP contribution in [0.25, 0.3) is 22.2 Å². The van der Waals surface area contributed by atoms with E-state index < -0.39 is 30.4 Å². The summed E-state index contributed by atoms with van der Waals surface area (Å²) in [6.07, 6.45) is -1.76. The summed E-state index contributed by atoms with van der Waals surface area (Å²) in [5.74, 6) is -3.41. The zero-order valence-corrected chi connectivity index (χ0v) is 21.8. The molecule has 0 aliphatic carbocycles. The summed E-state index contributed by atoms with van der Waals surface area (Å²) in [7, 11) is 0. The van der Waals surface area contributed by atoms with Gasteiger partial charge in [-0.2, -0.15) is 13.2 Å². The van der Waals surface area contributed by atoms with Gasteiger partial charge in [0.2, 0.25) is 0 Å². The summed E-state index contributed by atoms with van der Waals surface area (Å²) in [4.78, 5) is 21.5. The standard InChI is InChI=1S/C29H26ClF4N3O/c1-4-6-20-17(3)12-25(37-27(20)21-7-5-8-23(31)26(21)30)22(29(32,33)34)15-36-28(38)18-9-10-24-19(13-18)11-16(2)14-35-24/h5,7-14,22H,4,6,15H2,1-3H3,(H,36,38). The number of nitrogens with one attached hydrogen (secondary N) is 1. The van der Waals surface area contributed by atoms with Crippen molar-refractivity contribution >= 4 is 28.4 Å². The Morgan fingerprint density at radius 1 is 1.11 bits per heavy atom. The first-order valence-electron chi connectivity index (χ1n) is 12.2. The molecule has 0 saturated carbocycles. The fraction of sp³-hybridized carbons (Fsp3) is 0.276. The molecule has 0 aliphatic rings. The molecule has 4 rings (SSSR count). The van der Waals surface area contributed by atoms with Crippen LogP contribution in [0.5, 0.6) is 0 Å². The third-order valence-corrected chi connectivity index (χ3v) is 6.76. The van der Waals surface area contributed by atoms with Crippen molar-refractivity contribution in [1.29, 1.82) is 0 Å². The Labute approximate surface area is 223 Å². The number of alkyl halides is 3. The van der Waals surface area contributed by atoms with E-state index in [1.807, 2.05) is 19.9 Å². The van der Waals surface area contributed by atoms with E-state index in [2.05, 4.69) is 15.3 Å². The lowest BCUT2D eigenvalue weighted by Crippen LogP contribution is -2.35. The molecule has 0 bridgehead atoms. The Kier molecular flexibility index (Phi) is 8.02. The molecule has 1 N–H and O–H groups in total. The first-order valence-corrected chi connectivity index (χ1v) is 12.5. The normalized spacial score (nSPS) is 12.5. The van der Waals surface area contributed by atoms with E-state index in [0.717, 1.165) is 5.56 Å². The number of halogens is 5. The molecular weight excluding hydrogens is 518 g/mol. The number of aryl methyl sites for hydroxylation is 2. The Bertz CT molecular complexity index is 1500. The number of aromatic nitrogens is 2. The highest BCUT2D eigenvalue weighted by molar-refractivity contribution is 6.33. The minimum atomic E-state index is -4.70. The molecule has 4 nitrogen and oxygen atoms in total. The van der Waals surface area contributed by atoms with Crippen LogP contribution < -0.4 is 5.32 Å². The Morgan fingerprint density at radius 3 is 2.58 bits per heavy atom. The van der Waals surface area contributed by atoms with Crippen molar-refractivity contribution in [1.82, 2.24) is 15.3 Å². The fourth-order valence-electron chi connectivity index (χ4n) is 4.45. The van der Waals surface area contributed by atoms with E-state index in [4.69, 9.17) is 11.6 Å². The molecule has 0 saturated heterocycles. The maximum atomic E-state index is 14.3. The molecule has 0 aliphatic heterocycles. The summed E-state index contributed by atoms with van der Waals surface area (Å²) in [5, 5.41) is 2.93. The highest BCUT2D eigenvalue weighted by Gasteiger charge is 2.42. The van der Waals surface area contributed by atoms with Crippen LogP contribution in [0.3, 0.4) is 0 Å². The number of carbonyl (C=O) groups is 1. The summed E-state index contributed by atoms with van der Waals surface area (Å²) < 4.78 is 57.1. The van der Waals surface area contributed by atoms with Crippen molar-refractivity contribution in [3.8, 4) is 11.3 Å². The number of hydrogen-bond acceptors (Lipinski definition) is 3. The van der Waals surface area contributed by atoms with Gasteiger partial charge in [-0.3, -0.25) is 14.8 Å². The van der Waals surface area contributed by atoms with Crippen LogP contribution in [0, 0.1) is 19.7 Å². The van der Waals surface area contributed by atoms with Gasteiger partial charge in [-0.05, 0) is 73.4 Å². The van der Waals surface area contributed by atoms with Crippen molar-refractivity contribution in [2.45, 2.75) is 45.7 Å². The first kappa shape index (κ1) is 27.5. The van der Waals surface area contributed by atoms with Crippen LogP contribution in [0.1, 0.15) is 52.0 Å². The molecule has 0 fully saturated rings. The lowest BCUT2D eigenvalue weighted by atomic mass is 9.94. The van der Waals surface area contributed by atoms with Crippen LogP contribution in [0.2, 0.25) is 5.02 Å². The molecule has 2 aromatic carbocycles. The lowest BCUT2D eigenvalue weighted by molar-refractivity contribution is -0.149. The second kappa shape index (κ2) is 11.1. The average Bonchev–Trinajstić information content (AvgIpc) is 2.86. The quantitative estimate of drug-likeness (QED) is 0.243. The van der Waals surface area contributed by atoms with Gasteiger partial charge < -0.3 is 5.32 Å². The van der Waals surface area contributed by atoms with Gasteiger partial charge in [0.15, 0.2) is 0 Å². The van der Waals surface area contributed by atoms with Crippen molar-refractivity contribution in [2.24, 2.45) is 0 Å². The van der Waals surface area contributed by atoms with Crippen molar-refractivity contribution in [2.75, 3.05) is 6.54 Å². The van der Waals surface area contributed by atoms with E-state index in [1.54, 1.807) is 25.3 Å². The second-order valence-electron chi connectivity index (χ2n) is 9.27. The van der Waals surface area contributed by atoms with E-state index in [0.29, 0.717) is 34.9 Å². The number of nitrogens with zero attached hydrogens (tertiary/aromatic N) is 2. The summed E-state index contributed by atoms with van der Waals surface area (Å²) in [6.45, 7) is 4.77. The molecule has 9 heteroatoms. The van der Waals surface area contributed by atoms with Gasteiger partial charge in [0.1, 0.15) is 11.7 Å². The summed E-state index contributed by atoms with van der Waals surface area (Å²) >= 11 is 6.20. The van der Waals surface area contributed by atoms with Crippen LogP contribution in [0.15, 0.2) is 54.7 Å². The van der Waals surface area contributed by atoms with Gasteiger partial charge in [-0.15, -0.1) is 0 Å². The average molecular weight is 544 g/mol. The van der Waals surface area contributed by atoms with E-state index in [9.17, 15) is 22.4 Å². The van der Waals surface area contributed by atoms with Crippen LogP contribution in [0.4, 0.5) is 17.6 Å². The van der Waals surface area contributed by atoms with Crippen LogP contribution >= 0.6 is 11.6 Å². The third kappa shape index (κ3) is 5.80. The maximum absolute atomic E-state index is 14.3. The first-order chi connectivity index (χ1) is 18.0. The van der Waals surface area contributed by atoms with E-state index in [1.165, 1.54) is 30.3 Å². The number of fused-ring (bicyclic) bond motifs is 1. The maximum Gasteiger partial charge on any atom is 0.398 e. The molecule has 0 spiro atoms. The monoisotopic (exact) mass is 543 g/mol. The van der Waals surface area contributed by atoms with Gasteiger partial charge in [0.05, 0.1) is 21.9 Å². The predicted molar refractivity (Wildman–Crippen MR) is 141 cm³/mol. The number of amides is 1. The number of rotatable bonds is 7. The molecule has 2 heterocycles. The van der Waals surface area contributed by atoms with Crippen LogP contribution in [-0.4, -0.2) is 28.6 Å². The highest BCUT2D eigenvalue weighted by Crippen LogP contribution is 2.38. The zero-order chi connectivity index (χ0) is 27.6. The lowest BCUT2D eigenvalue weighted by Gasteiger charge is -2.23. The van der Waals surface area contributed by atoms with E-state index >= 15 is 0 Å². The predicted octanol–water partition coefficient (Wildman–Crippen LogP) is 7.73. The molecule has 2 aromatic heterocycles. The number of benzene rings is 2. The number of pyridine rings is 2. The summed E-state index contributed by atoms with van der Waals surface area (Å²) in [6, 6.07) is 12.2. The molecule has 198 valence electrons. The second-order valence-corrected chi connectivity index (χ2v) is 9.64. The van der Waals surface area contributed by atoms with Gasteiger partial charge in [-0.1, -0.05) is 37.1 Å². The molecule has 1 atom stereocenters. The third-order valence-electron chi connectivity index (χ3n) is 6.37. The molecular formula is C29H26ClF4N3O. The highest BCUT2D eigenvalue weighted by atomic mass is 35.5. The molecule has 0 radical (unpaired) electrons.